The van der Waals surface area contributed by atoms with E-state index in [1.54, 1.807) is 13.3 Å². The number of hydrogen-bond donors (Lipinski definition) is 3. The smallest absolute Gasteiger partial charge is 0.241 e. The lowest BCUT2D eigenvalue weighted by Gasteiger charge is -2.36. The topological polar surface area (TPSA) is 112 Å². The van der Waals surface area contributed by atoms with E-state index in [0.29, 0.717) is 32.1 Å². The lowest BCUT2D eigenvalue weighted by Crippen LogP contribution is -2.49. The summed E-state index contributed by atoms with van der Waals surface area (Å²) in [4.78, 5) is 37.8. The Kier molecular flexibility index (Phi) is 8.65. The summed E-state index contributed by atoms with van der Waals surface area (Å²) >= 11 is 0. The Hall–Kier alpha value is -4.02. The van der Waals surface area contributed by atoms with Gasteiger partial charge in [-0.1, -0.05) is 12.1 Å². The number of benzene rings is 2. The molecule has 2 aromatic carbocycles. The Morgan fingerprint density at radius 1 is 1.00 bits per heavy atom. The SMILES string of the molecule is COCCC(=O)N1CCN(c2ccc(Nc3nccc(-c4ccc(NC(=O)[C@H]5CCCN5)cc4)n3)cc2)CC1. The molecule has 2 amide bonds. The molecule has 3 N–H and O–H groups in total. The third-order valence-electron chi connectivity index (χ3n) is 7.12. The molecule has 204 valence electrons. The van der Waals surface area contributed by atoms with Crippen molar-refractivity contribution in [2.75, 3.05) is 62.0 Å². The van der Waals surface area contributed by atoms with Crippen molar-refractivity contribution in [1.29, 1.82) is 0 Å². The maximum Gasteiger partial charge on any atom is 0.241 e. The van der Waals surface area contributed by atoms with Crippen molar-refractivity contribution in [3.8, 4) is 11.3 Å². The fourth-order valence-corrected chi connectivity index (χ4v) is 4.89. The van der Waals surface area contributed by atoms with Crippen LogP contribution >= 0.6 is 0 Å². The molecular formula is C29H35N7O3. The molecule has 10 heteroatoms. The van der Waals surface area contributed by atoms with Gasteiger partial charge in [0.15, 0.2) is 0 Å². The van der Waals surface area contributed by atoms with E-state index < -0.39 is 0 Å². The van der Waals surface area contributed by atoms with E-state index in [1.165, 1.54) is 0 Å². The number of methoxy groups -OCH3 is 1. The van der Waals surface area contributed by atoms with Gasteiger partial charge in [-0.2, -0.15) is 0 Å². The predicted octanol–water partition coefficient (Wildman–Crippen LogP) is 3.26. The van der Waals surface area contributed by atoms with E-state index >= 15 is 0 Å². The molecule has 2 aliphatic heterocycles. The van der Waals surface area contributed by atoms with Gasteiger partial charge >= 0.3 is 0 Å². The molecular weight excluding hydrogens is 494 g/mol. The highest BCUT2D eigenvalue weighted by molar-refractivity contribution is 5.95. The summed E-state index contributed by atoms with van der Waals surface area (Å²) in [5.74, 6) is 0.668. The fourth-order valence-electron chi connectivity index (χ4n) is 4.89. The van der Waals surface area contributed by atoms with Gasteiger partial charge in [0.05, 0.1) is 24.8 Å². The first-order chi connectivity index (χ1) is 19.1. The highest BCUT2D eigenvalue weighted by Crippen LogP contribution is 2.24. The maximum absolute atomic E-state index is 12.3. The fraction of sp³-hybridized carbons (Fsp3) is 0.379. The normalized spacial score (nSPS) is 17.2. The van der Waals surface area contributed by atoms with Crippen molar-refractivity contribution < 1.29 is 14.3 Å². The minimum absolute atomic E-state index is 0.00935. The molecule has 39 heavy (non-hydrogen) atoms. The summed E-state index contributed by atoms with van der Waals surface area (Å²) < 4.78 is 5.02. The molecule has 3 heterocycles. The molecule has 1 aromatic heterocycles. The van der Waals surface area contributed by atoms with E-state index in [2.05, 4.69) is 43.0 Å². The summed E-state index contributed by atoms with van der Waals surface area (Å²) in [5.41, 5.74) is 4.51. The third-order valence-corrected chi connectivity index (χ3v) is 7.12. The molecule has 2 fully saturated rings. The Balaban J connectivity index is 1.15. The second-order valence-corrected chi connectivity index (χ2v) is 9.76. The van der Waals surface area contributed by atoms with Gasteiger partial charge in [-0.3, -0.25) is 9.59 Å². The largest absolute Gasteiger partial charge is 0.384 e. The van der Waals surface area contributed by atoms with Gasteiger partial charge in [0.2, 0.25) is 17.8 Å². The molecule has 10 nitrogen and oxygen atoms in total. The van der Waals surface area contributed by atoms with Crippen LogP contribution in [0, 0.1) is 0 Å². The number of amides is 2. The summed E-state index contributed by atoms with van der Waals surface area (Å²) in [6, 6.07) is 17.6. The number of rotatable bonds is 9. The number of carbonyl (C=O) groups excluding carboxylic acids is 2. The van der Waals surface area contributed by atoms with Crippen LogP contribution in [0.15, 0.2) is 60.8 Å². The van der Waals surface area contributed by atoms with Gasteiger partial charge in [0, 0.05) is 62.1 Å². The number of nitrogens with zero attached hydrogens (tertiary/aromatic N) is 4. The van der Waals surface area contributed by atoms with E-state index in [0.717, 1.165) is 60.8 Å². The van der Waals surface area contributed by atoms with Crippen LogP contribution in [0.25, 0.3) is 11.3 Å². The molecule has 0 radical (unpaired) electrons. The van der Waals surface area contributed by atoms with Gasteiger partial charge in [-0.15, -0.1) is 0 Å². The van der Waals surface area contributed by atoms with Crippen LogP contribution in [0.1, 0.15) is 19.3 Å². The van der Waals surface area contributed by atoms with Crippen molar-refractivity contribution in [3.63, 3.8) is 0 Å². The van der Waals surface area contributed by atoms with Gasteiger partial charge in [-0.25, -0.2) is 9.97 Å². The quantitative estimate of drug-likeness (QED) is 0.387. The molecule has 5 rings (SSSR count). The number of aromatic nitrogens is 2. The predicted molar refractivity (Wildman–Crippen MR) is 152 cm³/mol. The highest BCUT2D eigenvalue weighted by Gasteiger charge is 2.22. The van der Waals surface area contributed by atoms with Gasteiger partial charge < -0.3 is 30.5 Å². The van der Waals surface area contributed by atoms with Gasteiger partial charge in [0.1, 0.15) is 0 Å². The standard InChI is InChI=1S/C29H35N7O3/c1-39-20-13-27(37)36-18-16-35(17-19-36)24-10-8-23(9-11-24)33-29-31-15-12-25(34-29)21-4-6-22(7-5-21)32-28(38)26-3-2-14-30-26/h4-12,15,26,30H,2-3,13-14,16-20H2,1H3,(H,32,38)(H,31,33,34)/t26-/m1/s1. The zero-order valence-corrected chi connectivity index (χ0v) is 22.2. The third kappa shape index (κ3) is 6.90. The average Bonchev–Trinajstić information content (AvgIpc) is 3.53. The van der Waals surface area contributed by atoms with Gasteiger partial charge in [-0.05, 0) is 61.9 Å². The first kappa shape index (κ1) is 26.6. The van der Waals surface area contributed by atoms with Crippen molar-refractivity contribution in [2.24, 2.45) is 0 Å². The molecule has 2 aliphatic rings. The van der Waals surface area contributed by atoms with Crippen molar-refractivity contribution in [3.05, 3.63) is 60.8 Å². The van der Waals surface area contributed by atoms with Crippen LogP contribution in [-0.2, 0) is 14.3 Å². The number of carbonyl (C=O) groups is 2. The molecule has 0 saturated carbocycles. The molecule has 0 bridgehead atoms. The number of hydrogen-bond acceptors (Lipinski definition) is 8. The van der Waals surface area contributed by atoms with E-state index in [4.69, 9.17) is 4.74 Å². The lowest BCUT2D eigenvalue weighted by atomic mass is 10.1. The molecule has 0 aliphatic carbocycles. The summed E-state index contributed by atoms with van der Waals surface area (Å²) in [7, 11) is 1.62. The summed E-state index contributed by atoms with van der Waals surface area (Å²) in [6.07, 6.45) is 4.07. The zero-order chi connectivity index (χ0) is 27.0. The molecule has 2 saturated heterocycles. The second kappa shape index (κ2) is 12.7. The average molecular weight is 530 g/mol. The maximum atomic E-state index is 12.3. The number of ether oxygens (including phenoxy) is 1. The molecule has 1 atom stereocenters. The molecule has 0 unspecified atom stereocenters. The number of anilines is 4. The number of piperazine rings is 1. The van der Waals surface area contributed by atoms with Crippen LogP contribution in [0.2, 0.25) is 0 Å². The van der Waals surface area contributed by atoms with Crippen LogP contribution in [0.4, 0.5) is 23.0 Å². The van der Waals surface area contributed by atoms with E-state index in [1.807, 2.05) is 47.4 Å². The molecule has 3 aromatic rings. The van der Waals surface area contributed by atoms with Crippen LogP contribution < -0.4 is 20.9 Å². The summed E-state index contributed by atoms with van der Waals surface area (Å²) in [5, 5.41) is 9.48. The Morgan fingerprint density at radius 3 is 2.44 bits per heavy atom. The van der Waals surface area contributed by atoms with E-state index in [9.17, 15) is 9.59 Å². The van der Waals surface area contributed by atoms with Crippen molar-refractivity contribution >= 4 is 34.8 Å². The van der Waals surface area contributed by atoms with Crippen LogP contribution in [-0.4, -0.2) is 79.2 Å². The Bertz CT molecular complexity index is 1250. The highest BCUT2D eigenvalue weighted by atomic mass is 16.5. The Morgan fingerprint density at radius 2 is 1.74 bits per heavy atom. The van der Waals surface area contributed by atoms with Crippen LogP contribution in [0.3, 0.4) is 0 Å². The van der Waals surface area contributed by atoms with Gasteiger partial charge in [0.25, 0.3) is 0 Å². The molecule has 0 spiro atoms. The van der Waals surface area contributed by atoms with Crippen molar-refractivity contribution in [1.82, 2.24) is 20.2 Å². The van der Waals surface area contributed by atoms with Crippen molar-refractivity contribution in [2.45, 2.75) is 25.3 Å². The number of nitrogens with one attached hydrogen (secondary N) is 3. The van der Waals surface area contributed by atoms with Crippen LogP contribution in [0.5, 0.6) is 0 Å². The first-order valence-corrected chi connectivity index (χ1v) is 13.5. The Labute approximate surface area is 228 Å². The lowest BCUT2D eigenvalue weighted by molar-refractivity contribution is -0.132. The first-order valence-electron chi connectivity index (χ1n) is 13.5. The minimum atomic E-state index is -0.110. The monoisotopic (exact) mass is 529 g/mol. The van der Waals surface area contributed by atoms with E-state index in [-0.39, 0.29) is 17.9 Å². The summed E-state index contributed by atoms with van der Waals surface area (Å²) in [6.45, 7) is 4.39. The zero-order valence-electron chi connectivity index (χ0n) is 22.2. The second-order valence-electron chi connectivity index (χ2n) is 9.76. The minimum Gasteiger partial charge on any atom is -0.384 e.